The van der Waals surface area contributed by atoms with Crippen molar-refractivity contribution in [2.24, 2.45) is 5.92 Å². The van der Waals surface area contributed by atoms with Crippen LogP contribution in [0.5, 0.6) is 0 Å². The Bertz CT molecular complexity index is 709. The molecule has 3 rings (SSSR count). The number of halogens is 3. The highest BCUT2D eigenvalue weighted by Gasteiger charge is 2.45. The first-order valence-corrected chi connectivity index (χ1v) is 7.70. The fraction of sp³-hybridized carbons (Fsp3) is 0.438. The van der Waals surface area contributed by atoms with E-state index in [1.807, 2.05) is 0 Å². The zero-order valence-corrected chi connectivity index (χ0v) is 12.7. The summed E-state index contributed by atoms with van der Waals surface area (Å²) in [7, 11) is 0. The summed E-state index contributed by atoms with van der Waals surface area (Å²) in [5.74, 6) is -2.92. The summed E-state index contributed by atoms with van der Waals surface area (Å²) in [6.07, 6.45) is -0.709. The predicted molar refractivity (Wildman–Crippen MR) is 76.7 cm³/mol. The van der Waals surface area contributed by atoms with Crippen LogP contribution in [-0.2, 0) is 11.0 Å². The molecule has 24 heavy (non-hydrogen) atoms. The lowest BCUT2D eigenvalue weighted by molar-refractivity contribution is -0.137. The first-order valence-electron chi connectivity index (χ1n) is 7.70. The molecule has 3 amide bonds. The van der Waals surface area contributed by atoms with E-state index in [0.29, 0.717) is 17.9 Å². The van der Waals surface area contributed by atoms with Gasteiger partial charge in [-0.15, -0.1) is 0 Å². The maximum absolute atomic E-state index is 13.1. The van der Waals surface area contributed by atoms with Crippen molar-refractivity contribution in [3.05, 3.63) is 34.9 Å². The molecule has 2 aliphatic rings. The number of hydrogen-bond donors (Lipinski definition) is 1. The maximum Gasteiger partial charge on any atom is 0.417 e. The average Bonchev–Trinajstić information content (AvgIpc) is 2.80. The second-order valence-corrected chi connectivity index (χ2v) is 5.98. The summed E-state index contributed by atoms with van der Waals surface area (Å²) in [5, 5.41) is 0.400. The Hall–Kier alpha value is -2.38. The summed E-state index contributed by atoms with van der Waals surface area (Å²) in [4.78, 5) is 36.7. The van der Waals surface area contributed by atoms with E-state index < -0.39 is 35.0 Å². The molecule has 8 heteroatoms. The first-order chi connectivity index (χ1) is 11.3. The molecule has 0 saturated heterocycles. The molecule has 1 aliphatic carbocycles. The lowest BCUT2D eigenvalue weighted by atomic mass is 9.89. The van der Waals surface area contributed by atoms with Crippen LogP contribution in [0.25, 0.3) is 0 Å². The summed E-state index contributed by atoms with van der Waals surface area (Å²) in [6.45, 7) is 0. The van der Waals surface area contributed by atoms with Crippen molar-refractivity contribution in [1.29, 1.82) is 0 Å². The quantitative estimate of drug-likeness (QED) is 0.842. The summed E-state index contributed by atoms with van der Waals surface area (Å²) >= 11 is 0. The minimum Gasteiger partial charge on any atom is -0.273 e. The predicted octanol–water partition coefficient (Wildman–Crippen LogP) is 2.91. The van der Waals surface area contributed by atoms with Crippen LogP contribution >= 0.6 is 0 Å². The van der Waals surface area contributed by atoms with Gasteiger partial charge in [0, 0.05) is 5.92 Å². The SMILES string of the molecule is O=C(NN1C(=O)c2cccc(C(F)(F)F)c2C1=O)C1CCCCC1. The number of amides is 3. The molecule has 128 valence electrons. The molecule has 1 aromatic carbocycles. The van der Waals surface area contributed by atoms with Crippen molar-refractivity contribution in [2.45, 2.75) is 38.3 Å². The van der Waals surface area contributed by atoms with Crippen LogP contribution in [0.2, 0.25) is 0 Å². The van der Waals surface area contributed by atoms with Gasteiger partial charge in [-0.3, -0.25) is 19.8 Å². The van der Waals surface area contributed by atoms with Gasteiger partial charge in [0.15, 0.2) is 0 Å². The van der Waals surface area contributed by atoms with Gasteiger partial charge in [-0.1, -0.05) is 25.3 Å². The summed E-state index contributed by atoms with van der Waals surface area (Å²) in [6, 6.07) is 2.97. The highest BCUT2D eigenvalue weighted by Crippen LogP contribution is 2.36. The molecule has 0 unspecified atom stereocenters. The zero-order chi connectivity index (χ0) is 17.5. The number of carbonyl (C=O) groups excluding carboxylic acids is 3. The number of carbonyl (C=O) groups is 3. The summed E-state index contributed by atoms with van der Waals surface area (Å²) in [5.41, 5.74) is -0.0293. The number of fused-ring (bicyclic) bond motifs is 1. The third-order valence-corrected chi connectivity index (χ3v) is 4.42. The van der Waals surface area contributed by atoms with Crippen molar-refractivity contribution in [2.75, 3.05) is 0 Å². The Labute approximate surface area is 135 Å². The van der Waals surface area contributed by atoms with E-state index in [-0.39, 0.29) is 11.5 Å². The highest BCUT2D eigenvalue weighted by molar-refractivity contribution is 6.22. The van der Waals surface area contributed by atoms with Gasteiger partial charge < -0.3 is 0 Å². The van der Waals surface area contributed by atoms with Crippen molar-refractivity contribution in [3.63, 3.8) is 0 Å². The molecule has 1 saturated carbocycles. The number of hydrogen-bond acceptors (Lipinski definition) is 3. The Balaban J connectivity index is 1.86. The Morgan fingerprint density at radius 1 is 1.08 bits per heavy atom. The van der Waals surface area contributed by atoms with Crippen molar-refractivity contribution >= 4 is 17.7 Å². The maximum atomic E-state index is 13.1. The van der Waals surface area contributed by atoms with E-state index in [1.54, 1.807) is 0 Å². The second kappa shape index (κ2) is 5.92. The molecule has 0 radical (unpaired) electrons. The van der Waals surface area contributed by atoms with Gasteiger partial charge in [0.2, 0.25) is 5.91 Å². The van der Waals surface area contributed by atoms with Crippen molar-refractivity contribution < 1.29 is 27.6 Å². The third-order valence-electron chi connectivity index (χ3n) is 4.42. The Kier molecular flexibility index (Phi) is 4.06. The standard InChI is InChI=1S/C16H15F3N2O3/c17-16(18,19)11-8-4-7-10-12(11)15(24)21(14(10)23)20-13(22)9-5-2-1-3-6-9/h4,7-9H,1-3,5-6H2,(H,20,22). The number of benzene rings is 1. The molecule has 0 atom stereocenters. The average molecular weight is 340 g/mol. The molecule has 0 aromatic heterocycles. The van der Waals surface area contributed by atoms with Crippen molar-refractivity contribution in [1.82, 2.24) is 10.4 Å². The molecule has 1 fully saturated rings. The number of hydrazine groups is 1. The largest absolute Gasteiger partial charge is 0.417 e. The minimum atomic E-state index is -4.76. The van der Waals surface area contributed by atoms with E-state index in [9.17, 15) is 27.6 Å². The van der Waals surface area contributed by atoms with Crippen LogP contribution in [0.3, 0.4) is 0 Å². The molecule has 5 nitrogen and oxygen atoms in total. The van der Waals surface area contributed by atoms with Crippen molar-refractivity contribution in [3.8, 4) is 0 Å². The number of nitrogens with one attached hydrogen (secondary N) is 1. The lowest BCUT2D eigenvalue weighted by Crippen LogP contribution is -2.48. The van der Waals surface area contributed by atoms with Crippen LogP contribution in [0, 0.1) is 5.92 Å². The van der Waals surface area contributed by atoms with Crippen LogP contribution < -0.4 is 5.43 Å². The zero-order valence-electron chi connectivity index (χ0n) is 12.7. The van der Waals surface area contributed by atoms with Gasteiger partial charge in [-0.05, 0) is 25.0 Å². The Morgan fingerprint density at radius 2 is 1.75 bits per heavy atom. The molecule has 1 aromatic rings. The number of nitrogens with zero attached hydrogens (tertiary/aromatic N) is 1. The van der Waals surface area contributed by atoms with E-state index >= 15 is 0 Å². The highest BCUT2D eigenvalue weighted by atomic mass is 19.4. The molecule has 1 aliphatic heterocycles. The monoisotopic (exact) mass is 340 g/mol. The lowest BCUT2D eigenvalue weighted by Gasteiger charge is -2.23. The smallest absolute Gasteiger partial charge is 0.273 e. The van der Waals surface area contributed by atoms with E-state index in [2.05, 4.69) is 5.43 Å². The third kappa shape index (κ3) is 2.76. The first kappa shape index (κ1) is 16.5. The van der Waals surface area contributed by atoms with Gasteiger partial charge >= 0.3 is 6.18 Å². The molecular weight excluding hydrogens is 325 g/mol. The Morgan fingerprint density at radius 3 is 2.38 bits per heavy atom. The number of alkyl halides is 3. The molecule has 0 bridgehead atoms. The molecule has 0 spiro atoms. The van der Waals surface area contributed by atoms with Crippen LogP contribution in [0.15, 0.2) is 18.2 Å². The van der Waals surface area contributed by atoms with Gasteiger partial charge in [0.05, 0.1) is 16.7 Å². The number of imide groups is 1. The van der Waals surface area contributed by atoms with E-state index in [0.717, 1.165) is 37.5 Å². The minimum absolute atomic E-state index is 0.329. The van der Waals surface area contributed by atoms with Crippen LogP contribution in [0.1, 0.15) is 58.4 Å². The van der Waals surface area contributed by atoms with E-state index in [1.165, 1.54) is 0 Å². The van der Waals surface area contributed by atoms with Gasteiger partial charge in [0.1, 0.15) is 0 Å². The molecular formula is C16H15F3N2O3. The van der Waals surface area contributed by atoms with Gasteiger partial charge in [-0.2, -0.15) is 18.2 Å². The van der Waals surface area contributed by atoms with Gasteiger partial charge in [-0.25, -0.2) is 0 Å². The summed E-state index contributed by atoms with van der Waals surface area (Å²) < 4.78 is 39.2. The van der Waals surface area contributed by atoms with Crippen LogP contribution in [-0.4, -0.2) is 22.7 Å². The van der Waals surface area contributed by atoms with E-state index in [4.69, 9.17) is 0 Å². The fourth-order valence-corrected chi connectivity index (χ4v) is 3.19. The molecule has 1 heterocycles. The second-order valence-electron chi connectivity index (χ2n) is 5.98. The normalized spacial score (nSPS) is 18.7. The molecule has 1 N–H and O–H groups in total. The fourth-order valence-electron chi connectivity index (χ4n) is 3.19. The van der Waals surface area contributed by atoms with Gasteiger partial charge in [0.25, 0.3) is 11.8 Å². The number of rotatable bonds is 2. The topological polar surface area (TPSA) is 66.5 Å². The van der Waals surface area contributed by atoms with Crippen LogP contribution in [0.4, 0.5) is 13.2 Å².